The molecule has 1 aromatic rings. The van der Waals surface area contributed by atoms with Crippen molar-refractivity contribution in [1.82, 2.24) is 0 Å². The SMILES string of the molecule is CCO/C=C1\CCCC=C1c1ccc(C)cc1. The van der Waals surface area contributed by atoms with Crippen molar-refractivity contribution in [3.8, 4) is 0 Å². The number of aryl methyl sites for hydroxylation is 1. The van der Waals surface area contributed by atoms with Gasteiger partial charge in [0.15, 0.2) is 0 Å². The van der Waals surface area contributed by atoms with E-state index in [1.807, 2.05) is 13.2 Å². The van der Waals surface area contributed by atoms with Crippen LogP contribution in [0.1, 0.15) is 37.3 Å². The zero-order chi connectivity index (χ0) is 12.1. The molecule has 1 aliphatic rings. The Morgan fingerprint density at radius 1 is 1.24 bits per heavy atom. The summed E-state index contributed by atoms with van der Waals surface area (Å²) < 4.78 is 5.45. The topological polar surface area (TPSA) is 9.23 Å². The predicted molar refractivity (Wildman–Crippen MR) is 72.7 cm³/mol. The minimum atomic E-state index is 0.741. The lowest BCUT2D eigenvalue weighted by Crippen LogP contribution is -1.98. The standard InChI is InChI=1S/C16H20O/c1-3-17-12-15-6-4-5-7-16(15)14-10-8-13(2)9-11-14/h7-12H,3-6H2,1-2H3/b15-12+. The Labute approximate surface area is 104 Å². The average molecular weight is 228 g/mol. The molecule has 0 amide bonds. The molecule has 90 valence electrons. The lowest BCUT2D eigenvalue weighted by molar-refractivity contribution is 0.266. The van der Waals surface area contributed by atoms with Crippen LogP contribution in [-0.2, 0) is 4.74 Å². The van der Waals surface area contributed by atoms with Gasteiger partial charge in [0.05, 0.1) is 12.9 Å². The van der Waals surface area contributed by atoms with Gasteiger partial charge in [-0.1, -0.05) is 35.9 Å². The third-order valence-corrected chi connectivity index (χ3v) is 3.10. The third-order valence-electron chi connectivity index (χ3n) is 3.10. The van der Waals surface area contributed by atoms with E-state index in [0.717, 1.165) is 13.0 Å². The molecule has 0 heterocycles. The van der Waals surface area contributed by atoms with Crippen molar-refractivity contribution in [1.29, 1.82) is 0 Å². The van der Waals surface area contributed by atoms with Gasteiger partial charge in [0, 0.05) is 0 Å². The quantitative estimate of drug-likeness (QED) is 0.693. The van der Waals surface area contributed by atoms with E-state index < -0.39 is 0 Å². The van der Waals surface area contributed by atoms with E-state index in [-0.39, 0.29) is 0 Å². The summed E-state index contributed by atoms with van der Waals surface area (Å²) in [7, 11) is 0. The Morgan fingerprint density at radius 2 is 2.00 bits per heavy atom. The molecule has 1 heteroatoms. The van der Waals surface area contributed by atoms with Gasteiger partial charge in [-0.3, -0.25) is 0 Å². The fraction of sp³-hybridized carbons (Fsp3) is 0.375. The number of ether oxygens (including phenoxy) is 1. The molecule has 0 unspecified atom stereocenters. The largest absolute Gasteiger partial charge is 0.501 e. The Balaban J connectivity index is 2.28. The van der Waals surface area contributed by atoms with E-state index in [9.17, 15) is 0 Å². The summed E-state index contributed by atoms with van der Waals surface area (Å²) in [6, 6.07) is 8.74. The summed E-state index contributed by atoms with van der Waals surface area (Å²) in [5.74, 6) is 0. The highest BCUT2D eigenvalue weighted by Crippen LogP contribution is 2.32. The Bertz CT molecular complexity index is 423. The van der Waals surface area contributed by atoms with Crippen LogP contribution >= 0.6 is 0 Å². The highest BCUT2D eigenvalue weighted by Gasteiger charge is 2.12. The predicted octanol–water partition coefficient (Wildman–Crippen LogP) is 4.48. The van der Waals surface area contributed by atoms with Gasteiger partial charge in [0.2, 0.25) is 0 Å². The van der Waals surface area contributed by atoms with Gasteiger partial charge in [-0.05, 0) is 49.8 Å². The van der Waals surface area contributed by atoms with Gasteiger partial charge in [-0.25, -0.2) is 0 Å². The Morgan fingerprint density at radius 3 is 2.71 bits per heavy atom. The van der Waals surface area contributed by atoms with Gasteiger partial charge in [0.1, 0.15) is 0 Å². The van der Waals surface area contributed by atoms with Gasteiger partial charge < -0.3 is 4.74 Å². The summed E-state index contributed by atoms with van der Waals surface area (Å²) >= 11 is 0. The Hall–Kier alpha value is -1.50. The van der Waals surface area contributed by atoms with Gasteiger partial charge in [-0.15, -0.1) is 0 Å². The molecule has 1 aromatic carbocycles. The molecule has 1 nitrogen and oxygen atoms in total. The molecule has 0 atom stereocenters. The van der Waals surface area contributed by atoms with Crippen LogP contribution in [0.15, 0.2) is 42.2 Å². The zero-order valence-electron chi connectivity index (χ0n) is 10.7. The average Bonchev–Trinajstić information content (AvgIpc) is 2.38. The first-order valence-corrected chi connectivity index (χ1v) is 6.39. The zero-order valence-corrected chi connectivity index (χ0v) is 10.7. The number of hydrogen-bond donors (Lipinski definition) is 0. The molecular weight excluding hydrogens is 208 g/mol. The monoisotopic (exact) mass is 228 g/mol. The lowest BCUT2D eigenvalue weighted by Gasteiger charge is -2.17. The van der Waals surface area contributed by atoms with Crippen molar-refractivity contribution in [2.45, 2.75) is 33.1 Å². The smallest absolute Gasteiger partial charge is 0.0866 e. The summed E-state index contributed by atoms with van der Waals surface area (Å²) in [6.45, 7) is 4.88. The molecule has 1 aliphatic carbocycles. The Kier molecular flexibility index (Phi) is 4.03. The molecule has 0 saturated heterocycles. The molecule has 0 aromatic heterocycles. The van der Waals surface area contributed by atoms with E-state index in [1.54, 1.807) is 0 Å². The van der Waals surface area contributed by atoms with E-state index >= 15 is 0 Å². The molecule has 0 radical (unpaired) electrons. The maximum atomic E-state index is 5.45. The van der Waals surface area contributed by atoms with E-state index in [1.165, 1.54) is 35.1 Å². The highest BCUT2D eigenvalue weighted by molar-refractivity contribution is 5.79. The van der Waals surface area contributed by atoms with Crippen molar-refractivity contribution in [2.24, 2.45) is 0 Å². The summed E-state index contributed by atoms with van der Waals surface area (Å²) in [6.07, 6.45) is 7.80. The van der Waals surface area contributed by atoms with Crippen LogP contribution in [0.2, 0.25) is 0 Å². The maximum absolute atomic E-state index is 5.45. The second-order valence-corrected chi connectivity index (χ2v) is 4.47. The van der Waals surface area contributed by atoms with Gasteiger partial charge in [0.25, 0.3) is 0 Å². The van der Waals surface area contributed by atoms with Crippen LogP contribution in [0.3, 0.4) is 0 Å². The van der Waals surface area contributed by atoms with E-state index in [4.69, 9.17) is 4.74 Å². The van der Waals surface area contributed by atoms with E-state index in [2.05, 4.69) is 37.3 Å². The number of benzene rings is 1. The van der Waals surface area contributed by atoms with Gasteiger partial charge >= 0.3 is 0 Å². The van der Waals surface area contributed by atoms with Crippen molar-refractivity contribution >= 4 is 5.57 Å². The summed E-state index contributed by atoms with van der Waals surface area (Å²) in [4.78, 5) is 0. The first-order valence-electron chi connectivity index (χ1n) is 6.39. The van der Waals surface area contributed by atoms with Crippen molar-refractivity contribution in [2.75, 3.05) is 6.61 Å². The third kappa shape index (κ3) is 3.00. The van der Waals surface area contributed by atoms with Crippen LogP contribution in [0, 0.1) is 6.92 Å². The molecule has 0 N–H and O–H groups in total. The second-order valence-electron chi connectivity index (χ2n) is 4.47. The number of hydrogen-bond acceptors (Lipinski definition) is 1. The van der Waals surface area contributed by atoms with Crippen molar-refractivity contribution < 1.29 is 4.74 Å². The molecule has 2 rings (SSSR count). The normalized spacial score (nSPS) is 18.0. The summed E-state index contributed by atoms with van der Waals surface area (Å²) in [5, 5.41) is 0. The van der Waals surface area contributed by atoms with Crippen LogP contribution in [0.25, 0.3) is 5.57 Å². The minimum Gasteiger partial charge on any atom is -0.501 e. The van der Waals surface area contributed by atoms with Crippen LogP contribution in [-0.4, -0.2) is 6.61 Å². The molecule has 0 bridgehead atoms. The van der Waals surface area contributed by atoms with Crippen molar-refractivity contribution in [3.63, 3.8) is 0 Å². The molecule has 17 heavy (non-hydrogen) atoms. The fourth-order valence-corrected chi connectivity index (χ4v) is 2.15. The highest BCUT2D eigenvalue weighted by atomic mass is 16.5. The maximum Gasteiger partial charge on any atom is 0.0866 e. The molecule has 0 aliphatic heterocycles. The first-order chi connectivity index (χ1) is 8.31. The first kappa shape index (κ1) is 12.0. The fourth-order valence-electron chi connectivity index (χ4n) is 2.15. The van der Waals surface area contributed by atoms with Crippen LogP contribution in [0.5, 0.6) is 0 Å². The molecule has 0 spiro atoms. The number of allylic oxidation sites excluding steroid dienone is 3. The van der Waals surface area contributed by atoms with E-state index in [0.29, 0.717) is 0 Å². The second kappa shape index (κ2) is 5.72. The number of rotatable bonds is 3. The van der Waals surface area contributed by atoms with Crippen molar-refractivity contribution in [3.05, 3.63) is 53.3 Å². The molecular formula is C16H20O. The summed E-state index contributed by atoms with van der Waals surface area (Å²) in [5.41, 5.74) is 5.30. The lowest BCUT2D eigenvalue weighted by atomic mass is 9.89. The minimum absolute atomic E-state index is 0.741. The van der Waals surface area contributed by atoms with Gasteiger partial charge in [-0.2, -0.15) is 0 Å². The molecule has 0 saturated carbocycles. The molecule has 0 fully saturated rings. The van der Waals surface area contributed by atoms with Crippen LogP contribution in [0.4, 0.5) is 0 Å². The van der Waals surface area contributed by atoms with Crippen LogP contribution < -0.4 is 0 Å².